The average molecular weight is 385 g/mol. The van der Waals surface area contributed by atoms with Crippen LogP contribution in [0.15, 0.2) is 18.2 Å². The number of nitrogens with one attached hydrogen (secondary N) is 1. The van der Waals surface area contributed by atoms with Crippen molar-refractivity contribution in [1.82, 2.24) is 10.2 Å². The van der Waals surface area contributed by atoms with Gasteiger partial charge in [-0.1, -0.05) is 19.4 Å². The molecule has 1 atom stereocenters. The minimum atomic E-state index is -2.93. The van der Waals surface area contributed by atoms with Gasteiger partial charge in [-0.05, 0) is 42.8 Å². The molecule has 1 fully saturated rings. The van der Waals surface area contributed by atoms with Gasteiger partial charge in [-0.2, -0.15) is 0 Å². The van der Waals surface area contributed by atoms with Crippen LogP contribution < -0.4 is 14.8 Å². The Morgan fingerprint density at radius 2 is 2.16 bits per heavy atom. The van der Waals surface area contributed by atoms with Crippen LogP contribution in [0.1, 0.15) is 31.7 Å². The largest absolute Gasteiger partial charge is 0.454 e. The lowest BCUT2D eigenvalue weighted by atomic mass is 10.2. The third-order valence-corrected chi connectivity index (χ3v) is 6.67. The van der Waals surface area contributed by atoms with Crippen molar-refractivity contribution >= 4 is 27.2 Å². The molecule has 1 saturated heterocycles. The van der Waals surface area contributed by atoms with Crippen LogP contribution in [0.3, 0.4) is 0 Å². The molecule has 0 radical (unpaired) electrons. The van der Waals surface area contributed by atoms with E-state index in [1.54, 1.807) is 0 Å². The van der Waals surface area contributed by atoms with Gasteiger partial charge < -0.3 is 19.7 Å². The van der Waals surface area contributed by atoms with E-state index < -0.39 is 9.84 Å². The number of rotatable bonds is 6. The molecule has 138 valence electrons. The average Bonchev–Trinajstić information content (AvgIpc) is 3.18. The number of unbranched alkanes of at least 4 members (excludes halogenated alkanes) is 1. The minimum absolute atomic E-state index is 0.0201. The van der Waals surface area contributed by atoms with Gasteiger partial charge in [0.2, 0.25) is 6.79 Å². The number of hydrogen-bond donors (Lipinski definition) is 1. The van der Waals surface area contributed by atoms with E-state index >= 15 is 0 Å². The van der Waals surface area contributed by atoms with Crippen molar-refractivity contribution in [3.05, 3.63) is 23.8 Å². The molecule has 3 rings (SSSR count). The lowest BCUT2D eigenvalue weighted by molar-refractivity contribution is 0.174. The number of thiocarbonyl (C=S) groups is 1. The minimum Gasteiger partial charge on any atom is -0.454 e. The van der Waals surface area contributed by atoms with Crippen LogP contribution in [0.5, 0.6) is 11.5 Å². The molecule has 0 saturated carbocycles. The maximum absolute atomic E-state index is 11.8. The van der Waals surface area contributed by atoms with Crippen molar-refractivity contribution in [2.24, 2.45) is 0 Å². The van der Waals surface area contributed by atoms with Crippen LogP contribution in [0, 0.1) is 0 Å². The fourth-order valence-corrected chi connectivity index (χ4v) is 5.17. The summed E-state index contributed by atoms with van der Waals surface area (Å²) in [6.45, 7) is 3.72. The molecule has 1 aromatic rings. The Bertz CT molecular complexity index is 736. The van der Waals surface area contributed by atoms with Crippen molar-refractivity contribution in [1.29, 1.82) is 0 Å². The van der Waals surface area contributed by atoms with E-state index in [0.717, 1.165) is 36.4 Å². The van der Waals surface area contributed by atoms with Gasteiger partial charge in [-0.25, -0.2) is 8.42 Å². The van der Waals surface area contributed by atoms with E-state index in [1.165, 1.54) is 0 Å². The Morgan fingerprint density at radius 1 is 1.36 bits per heavy atom. The smallest absolute Gasteiger partial charge is 0.231 e. The van der Waals surface area contributed by atoms with E-state index in [9.17, 15) is 8.42 Å². The van der Waals surface area contributed by atoms with E-state index in [2.05, 4.69) is 17.1 Å². The highest BCUT2D eigenvalue weighted by Gasteiger charge is 2.33. The monoisotopic (exact) mass is 384 g/mol. The van der Waals surface area contributed by atoms with Gasteiger partial charge in [0.1, 0.15) is 0 Å². The number of ether oxygens (including phenoxy) is 2. The van der Waals surface area contributed by atoms with Crippen LogP contribution in [0.4, 0.5) is 0 Å². The van der Waals surface area contributed by atoms with Crippen LogP contribution in [-0.4, -0.2) is 49.3 Å². The Labute approximate surface area is 154 Å². The van der Waals surface area contributed by atoms with Crippen molar-refractivity contribution in [2.45, 2.75) is 38.8 Å². The van der Waals surface area contributed by atoms with Crippen molar-refractivity contribution < 1.29 is 17.9 Å². The maximum atomic E-state index is 11.8. The number of fused-ring (bicyclic) bond motifs is 1. The molecule has 0 amide bonds. The maximum Gasteiger partial charge on any atom is 0.231 e. The normalized spacial score (nSPS) is 20.4. The molecular weight excluding hydrogens is 360 g/mol. The molecule has 0 aliphatic carbocycles. The first-order valence-corrected chi connectivity index (χ1v) is 10.8. The van der Waals surface area contributed by atoms with Gasteiger partial charge in [0.15, 0.2) is 26.4 Å². The lowest BCUT2D eigenvalue weighted by Gasteiger charge is -2.31. The number of sulfone groups is 1. The highest BCUT2D eigenvalue weighted by molar-refractivity contribution is 7.91. The second-order valence-corrected chi connectivity index (χ2v) is 9.07. The summed E-state index contributed by atoms with van der Waals surface area (Å²) < 4.78 is 34.3. The first-order valence-electron chi connectivity index (χ1n) is 8.62. The molecule has 0 aromatic heterocycles. The second-order valence-electron chi connectivity index (χ2n) is 6.45. The molecule has 1 N–H and O–H groups in total. The molecule has 8 heteroatoms. The number of hydrogen-bond acceptors (Lipinski definition) is 5. The Morgan fingerprint density at radius 3 is 2.88 bits per heavy atom. The van der Waals surface area contributed by atoms with Crippen LogP contribution in [-0.2, 0) is 16.4 Å². The van der Waals surface area contributed by atoms with Gasteiger partial charge >= 0.3 is 0 Å². The summed E-state index contributed by atoms with van der Waals surface area (Å²) in [5, 5.41) is 3.89. The fraction of sp³-hybridized carbons (Fsp3) is 0.588. The van der Waals surface area contributed by atoms with Crippen LogP contribution in [0.25, 0.3) is 0 Å². The SMILES string of the molecule is CCCCN(C(=S)NCc1ccc2c(c1)OCO2)[C@@H]1CCS(=O)(=O)C1. The molecule has 0 unspecified atom stereocenters. The van der Waals surface area contributed by atoms with E-state index in [1.807, 2.05) is 18.2 Å². The second kappa shape index (κ2) is 7.78. The highest BCUT2D eigenvalue weighted by Crippen LogP contribution is 2.32. The Kier molecular flexibility index (Phi) is 5.68. The summed E-state index contributed by atoms with van der Waals surface area (Å²) in [6, 6.07) is 5.78. The quantitative estimate of drug-likeness (QED) is 0.753. The zero-order chi connectivity index (χ0) is 17.9. The summed E-state index contributed by atoms with van der Waals surface area (Å²) in [7, 11) is -2.93. The fourth-order valence-electron chi connectivity index (χ4n) is 3.13. The summed E-state index contributed by atoms with van der Waals surface area (Å²) in [4.78, 5) is 2.05. The topological polar surface area (TPSA) is 67.9 Å². The summed E-state index contributed by atoms with van der Waals surface area (Å²) in [5.74, 6) is 1.95. The molecule has 25 heavy (non-hydrogen) atoms. The van der Waals surface area contributed by atoms with Crippen molar-refractivity contribution in [3.63, 3.8) is 0 Å². The predicted molar refractivity (Wildman–Crippen MR) is 101 cm³/mol. The molecular formula is C17H24N2O4S2. The van der Waals surface area contributed by atoms with Gasteiger partial charge in [-0.3, -0.25) is 0 Å². The van der Waals surface area contributed by atoms with E-state index in [-0.39, 0.29) is 24.3 Å². The predicted octanol–water partition coefficient (Wildman–Crippen LogP) is 2.08. The van der Waals surface area contributed by atoms with Gasteiger partial charge in [0.05, 0.1) is 11.5 Å². The molecule has 1 aromatic carbocycles. The molecule has 2 heterocycles. The number of nitrogens with zero attached hydrogens (tertiary/aromatic N) is 1. The van der Waals surface area contributed by atoms with Gasteiger partial charge in [-0.15, -0.1) is 0 Å². The van der Waals surface area contributed by atoms with E-state index in [4.69, 9.17) is 21.7 Å². The van der Waals surface area contributed by atoms with Gasteiger partial charge in [0.25, 0.3) is 0 Å². The zero-order valence-electron chi connectivity index (χ0n) is 14.4. The Hall–Kier alpha value is -1.54. The molecule has 2 aliphatic rings. The molecule has 6 nitrogen and oxygen atoms in total. The summed E-state index contributed by atoms with van der Waals surface area (Å²) >= 11 is 5.56. The first-order chi connectivity index (χ1) is 12.0. The van der Waals surface area contributed by atoms with E-state index in [0.29, 0.717) is 18.1 Å². The molecule has 0 bridgehead atoms. The van der Waals surface area contributed by atoms with Crippen LogP contribution >= 0.6 is 12.2 Å². The summed E-state index contributed by atoms with van der Waals surface area (Å²) in [6.07, 6.45) is 2.68. The lowest BCUT2D eigenvalue weighted by Crippen LogP contribution is -2.46. The highest BCUT2D eigenvalue weighted by atomic mass is 32.2. The van der Waals surface area contributed by atoms with Crippen molar-refractivity contribution in [3.8, 4) is 11.5 Å². The van der Waals surface area contributed by atoms with Crippen LogP contribution in [0.2, 0.25) is 0 Å². The zero-order valence-corrected chi connectivity index (χ0v) is 16.0. The van der Waals surface area contributed by atoms with Gasteiger partial charge in [0, 0.05) is 19.1 Å². The van der Waals surface area contributed by atoms with Crippen molar-refractivity contribution in [2.75, 3.05) is 24.8 Å². The Balaban J connectivity index is 1.62. The standard InChI is InChI=1S/C17H24N2O4S2/c1-2-3-7-19(14-6-8-25(20,21)11-14)17(24)18-10-13-4-5-15-16(9-13)23-12-22-15/h4-5,9,14H,2-3,6-8,10-12H2,1H3,(H,18,24)/t14-/m1/s1. The third-order valence-electron chi connectivity index (χ3n) is 4.54. The molecule has 2 aliphatic heterocycles. The summed E-state index contributed by atoms with van der Waals surface area (Å²) in [5.41, 5.74) is 1.04. The first kappa shape index (κ1) is 18.3. The molecule has 0 spiro atoms. The number of benzene rings is 1. The third kappa shape index (κ3) is 4.55.